The molecule has 7 nitrogen and oxygen atoms in total. The zero-order valence-corrected chi connectivity index (χ0v) is 16.1. The van der Waals surface area contributed by atoms with Crippen molar-refractivity contribution in [3.8, 4) is 11.6 Å². The van der Waals surface area contributed by atoms with E-state index in [-0.39, 0.29) is 11.7 Å². The van der Waals surface area contributed by atoms with E-state index in [0.717, 1.165) is 0 Å². The molecule has 0 aliphatic rings. The predicted octanol–water partition coefficient (Wildman–Crippen LogP) is 3.88. The second kappa shape index (κ2) is 8.22. The van der Waals surface area contributed by atoms with Gasteiger partial charge in [0.1, 0.15) is 0 Å². The van der Waals surface area contributed by atoms with Crippen LogP contribution in [-0.2, 0) is 11.3 Å². The molecule has 27 heavy (non-hydrogen) atoms. The van der Waals surface area contributed by atoms with Gasteiger partial charge in [0.05, 0.1) is 11.5 Å². The van der Waals surface area contributed by atoms with Crippen molar-refractivity contribution in [3.63, 3.8) is 0 Å². The van der Waals surface area contributed by atoms with Crippen LogP contribution in [0.1, 0.15) is 31.1 Å². The van der Waals surface area contributed by atoms with Crippen LogP contribution in [0, 0.1) is 0 Å². The van der Waals surface area contributed by atoms with E-state index in [1.807, 2.05) is 17.6 Å². The molecule has 1 N–H and O–H groups in total. The summed E-state index contributed by atoms with van der Waals surface area (Å²) in [5.41, 5.74) is 1.15. The van der Waals surface area contributed by atoms with Crippen LogP contribution < -0.4 is 5.32 Å². The molecule has 0 radical (unpaired) electrons. The lowest BCUT2D eigenvalue weighted by molar-refractivity contribution is -0.115. The molecule has 1 atom stereocenters. The van der Waals surface area contributed by atoms with E-state index in [1.54, 1.807) is 43.5 Å². The van der Waals surface area contributed by atoms with Crippen molar-refractivity contribution in [2.24, 2.45) is 0 Å². The quantitative estimate of drug-likeness (QED) is 0.491. The largest absolute Gasteiger partial charge is 0.461 e. The van der Waals surface area contributed by atoms with Gasteiger partial charge in [0, 0.05) is 17.8 Å². The SMILES string of the molecule is CCn1c(S[C@@H](C)C(=O)Nc2cccc(C(C)=O)c2)nnc1-c1ccco1. The lowest BCUT2D eigenvalue weighted by Gasteiger charge is -2.13. The molecule has 1 amide bonds. The van der Waals surface area contributed by atoms with Gasteiger partial charge >= 0.3 is 0 Å². The molecule has 3 rings (SSSR count). The van der Waals surface area contributed by atoms with Crippen molar-refractivity contribution in [2.75, 3.05) is 5.32 Å². The molecule has 0 aliphatic heterocycles. The van der Waals surface area contributed by atoms with E-state index >= 15 is 0 Å². The topological polar surface area (TPSA) is 90.0 Å². The maximum Gasteiger partial charge on any atom is 0.237 e. The summed E-state index contributed by atoms with van der Waals surface area (Å²) in [6.45, 7) is 5.93. The molecule has 1 aromatic carbocycles. The van der Waals surface area contributed by atoms with Gasteiger partial charge in [0.15, 0.2) is 22.5 Å². The lowest BCUT2D eigenvalue weighted by Crippen LogP contribution is -2.23. The number of hydrogen-bond acceptors (Lipinski definition) is 6. The number of aromatic nitrogens is 3. The van der Waals surface area contributed by atoms with Crippen LogP contribution in [0.3, 0.4) is 0 Å². The number of amides is 1. The maximum absolute atomic E-state index is 12.5. The first-order valence-electron chi connectivity index (χ1n) is 8.55. The smallest absolute Gasteiger partial charge is 0.237 e. The number of ketones is 1. The summed E-state index contributed by atoms with van der Waals surface area (Å²) >= 11 is 1.32. The molecule has 8 heteroatoms. The second-order valence-electron chi connectivity index (χ2n) is 5.91. The van der Waals surface area contributed by atoms with Crippen molar-refractivity contribution in [1.82, 2.24) is 14.8 Å². The van der Waals surface area contributed by atoms with E-state index in [2.05, 4.69) is 15.5 Å². The normalized spacial score (nSPS) is 12.0. The second-order valence-corrected chi connectivity index (χ2v) is 7.22. The fraction of sp³-hybridized carbons (Fsp3) is 0.263. The average Bonchev–Trinajstić information content (AvgIpc) is 3.31. The van der Waals surface area contributed by atoms with Gasteiger partial charge in [0.25, 0.3) is 0 Å². The Morgan fingerprint density at radius 3 is 2.74 bits per heavy atom. The third kappa shape index (κ3) is 4.28. The van der Waals surface area contributed by atoms with Crippen LogP contribution in [0.5, 0.6) is 0 Å². The Morgan fingerprint density at radius 1 is 1.26 bits per heavy atom. The average molecular weight is 384 g/mol. The molecule has 140 valence electrons. The van der Waals surface area contributed by atoms with Gasteiger partial charge in [0.2, 0.25) is 5.91 Å². The van der Waals surface area contributed by atoms with Gasteiger partial charge in [-0.2, -0.15) is 0 Å². The maximum atomic E-state index is 12.5. The van der Waals surface area contributed by atoms with Gasteiger partial charge in [-0.1, -0.05) is 23.9 Å². The molecule has 0 fully saturated rings. The van der Waals surface area contributed by atoms with E-state index < -0.39 is 5.25 Å². The highest BCUT2D eigenvalue weighted by Gasteiger charge is 2.21. The Hall–Kier alpha value is -2.87. The van der Waals surface area contributed by atoms with E-state index in [0.29, 0.717) is 34.5 Å². The molecule has 0 spiro atoms. The molecule has 0 saturated carbocycles. The summed E-state index contributed by atoms with van der Waals surface area (Å²) in [5, 5.41) is 11.5. The number of benzene rings is 1. The zero-order chi connectivity index (χ0) is 19.4. The highest BCUT2D eigenvalue weighted by Crippen LogP contribution is 2.27. The van der Waals surface area contributed by atoms with Crippen molar-refractivity contribution in [2.45, 2.75) is 37.7 Å². The number of carbonyl (C=O) groups excluding carboxylic acids is 2. The summed E-state index contributed by atoms with van der Waals surface area (Å²) in [6, 6.07) is 10.5. The highest BCUT2D eigenvalue weighted by atomic mass is 32.2. The predicted molar refractivity (Wildman–Crippen MR) is 104 cm³/mol. The molecular weight excluding hydrogens is 364 g/mol. The first-order valence-corrected chi connectivity index (χ1v) is 9.43. The third-order valence-electron chi connectivity index (χ3n) is 3.96. The third-order valence-corrected chi connectivity index (χ3v) is 5.04. The summed E-state index contributed by atoms with van der Waals surface area (Å²) in [4.78, 5) is 24.0. The van der Waals surface area contributed by atoms with Gasteiger partial charge in [-0.3, -0.25) is 14.2 Å². The monoisotopic (exact) mass is 384 g/mol. The number of hydrogen-bond donors (Lipinski definition) is 1. The van der Waals surface area contributed by atoms with E-state index in [9.17, 15) is 9.59 Å². The number of furan rings is 1. The Labute approximate surface area is 161 Å². The van der Waals surface area contributed by atoms with E-state index in [1.165, 1.54) is 18.7 Å². The van der Waals surface area contributed by atoms with Crippen LogP contribution >= 0.6 is 11.8 Å². The first kappa shape index (κ1) is 18.9. The lowest BCUT2D eigenvalue weighted by atomic mass is 10.1. The minimum atomic E-state index is -0.398. The molecule has 3 aromatic rings. The van der Waals surface area contributed by atoms with Crippen molar-refractivity contribution < 1.29 is 14.0 Å². The number of carbonyl (C=O) groups is 2. The molecule has 0 unspecified atom stereocenters. The summed E-state index contributed by atoms with van der Waals surface area (Å²) in [6.07, 6.45) is 1.59. The standard InChI is InChI=1S/C19H20N4O3S/c1-4-23-17(16-9-6-10-26-16)21-22-19(23)27-13(3)18(25)20-15-8-5-7-14(11-15)12(2)24/h5-11,13H,4H2,1-3H3,(H,20,25)/t13-/m0/s1. The number of anilines is 1. The molecule has 0 saturated heterocycles. The fourth-order valence-corrected chi connectivity index (χ4v) is 3.43. The Balaban J connectivity index is 1.72. The number of nitrogens with zero attached hydrogens (tertiary/aromatic N) is 3. The summed E-state index contributed by atoms with van der Waals surface area (Å²) < 4.78 is 7.30. The van der Waals surface area contributed by atoms with Crippen LogP contribution in [0.4, 0.5) is 5.69 Å². The van der Waals surface area contributed by atoms with Gasteiger partial charge in [-0.15, -0.1) is 10.2 Å². The summed E-state index contributed by atoms with van der Waals surface area (Å²) in [7, 11) is 0. The fourth-order valence-electron chi connectivity index (χ4n) is 2.52. The summed E-state index contributed by atoms with van der Waals surface area (Å²) in [5.74, 6) is 1.04. The van der Waals surface area contributed by atoms with Crippen molar-refractivity contribution >= 4 is 29.1 Å². The number of Topliss-reactive ketones (excluding diaryl/α,β-unsaturated/α-hetero) is 1. The van der Waals surface area contributed by atoms with Crippen molar-refractivity contribution in [1.29, 1.82) is 0 Å². The zero-order valence-electron chi connectivity index (χ0n) is 15.3. The van der Waals surface area contributed by atoms with Crippen LogP contribution in [0.15, 0.2) is 52.2 Å². The van der Waals surface area contributed by atoms with Crippen LogP contribution in [-0.4, -0.2) is 31.7 Å². The highest BCUT2D eigenvalue weighted by molar-refractivity contribution is 8.00. The minimum Gasteiger partial charge on any atom is -0.461 e. The Bertz CT molecular complexity index is 950. The number of thioether (sulfide) groups is 1. The number of nitrogens with one attached hydrogen (secondary N) is 1. The first-order chi connectivity index (χ1) is 13.0. The van der Waals surface area contributed by atoms with Crippen LogP contribution in [0.2, 0.25) is 0 Å². The minimum absolute atomic E-state index is 0.0463. The van der Waals surface area contributed by atoms with E-state index in [4.69, 9.17) is 4.42 Å². The van der Waals surface area contributed by atoms with Gasteiger partial charge < -0.3 is 9.73 Å². The molecule has 2 heterocycles. The molecule has 0 aliphatic carbocycles. The van der Waals surface area contributed by atoms with Gasteiger partial charge in [-0.25, -0.2) is 0 Å². The Kier molecular flexibility index (Phi) is 5.75. The number of rotatable bonds is 7. The molecule has 0 bridgehead atoms. The Morgan fingerprint density at radius 2 is 2.07 bits per heavy atom. The molecule has 2 aromatic heterocycles. The molecular formula is C19H20N4O3S. The van der Waals surface area contributed by atoms with Gasteiger partial charge in [-0.05, 0) is 45.0 Å². The van der Waals surface area contributed by atoms with Crippen molar-refractivity contribution in [3.05, 3.63) is 48.2 Å². The van der Waals surface area contributed by atoms with Crippen LogP contribution in [0.25, 0.3) is 11.6 Å².